The number of nitrogens with two attached hydrogens (primary N) is 2. The van der Waals surface area contributed by atoms with Crippen LogP contribution in [0.3, 0.4) is 0 Å². The van der Waals surface area contributed by atoms with Gasteiger partial charge >= 0.3 is 24.1 Å². The van der Waals surface area contributed by atoms with Crippen molar-refractivity contribution in [2.24, 2.45) is 11.5 Å². The fourth-order valence-corrected chi connectivity index (χ4v) is 5.03. The van der Waals surface area contributed by atoms with Crippen LogP contribution < -0.4 is 11.5 Å². The van der Waals surface area contributed by atoms with Crippen molar-refractivity contribution in [3.8, 4) is 6.07 Å². The lowest BCUT2D eigenvalue weighted by Gasteiger charge is -2.35. The molecule has 0 radical (unpaired) electrons. The number of methoxy groups -OCH3 is 1. The Morgan fingerprint density at radius 2 is 1.90 bits per heavy atom. The average Bonchev–Trinajstić information content (AvgIpc) is 2.90. The molecule has 0 bridgehead atoms. The number of aliphatic hydroxyl groups excluding tert-OH is 1. The number of hydrogen-bond donors (Lipinski definition) is 3. The number of benzene rings is 2. The van der Waals surface area contributed by atoms with Crippen LogP contribution in [0.25, 0.3) is 0 Å². The molecule has 10 nitrogen and oxygen atoms in total. The zero-order valence-corrected chi connectivity index (χ0v) is 23.2. The van der Waals surface area contributed by atoms with Gasteiger partial charge in [-0.25, -0.2) is 14.2 Å². The van der Waals surface area contributed by atoms with E-state index in [0.29, 0.717) is 40.7 Å². The number of hydrogen-bond acceptors (Lipinski definition) is 6. The Balaban J connectivity index is 2.34. The molecule has 0 spiro atoms. The van der Waals surface area contributed by atoms with E-state index in [1.165, 1.54) is 25.1 Å². The van der Waals surface area contributed by atoms with Gasteiger partial charge in [-0.2, -0.15) is 23.3 Å². The second-order valence-electron chi connectivity index (χ2n) is 10.3. The molecular formula is C28H33F3N6O4+2. The molecule has 1 heterocycles. The van der Waals surface area contributed by atoms with Crippen molar-refractivity contribution in [3.05, 3.63) is 76.0 Å². The number of halogens is 3. The van der Waals surface area contributed by atoms with E-state index in [2.05, 4.69) is 6.07 Å². The third kappa shape index (κ3) is 6.50. The maximum absolute atomic E-state index is 13.5. The van der Waals surface area contributed by atoms with Crippen LogP contribution in [0.4, 0.5) is 23.7 Å². The summed E-state index contributed by atoms with van der Waals surface area (Å²) >= 11 is 0. The number of guanidine groups is 1. The first-order valence-corrected chi connectivity index (χ1v) is 12.6. The number of aliphatic hydroxyl groups is 1. The van der Waals surface area contributed by atoms with Gasteiger partial charge in [-0.3, -0.25) is 5.73 Å². The van der Waals surface area contributed by atoms with E-state index in [0.717, 1.165) is 28.7 Å². The number of urea groups is 1. The smallest absolute Gasteiger partial charge is 0.416 e. The van der Waals surface area contributed by atoms with Crippen LogP contribution in [-0.4, -0.2) is 71.4 Å². The number of allylic oxidation sites excluding steroid dienone is 1. The molecule has 0 saturated heterocycles. The zero-order valence-electron chi connectivity index (χ0n) is 23.2. The summed E-state index contributed by atoms with van der Waals surface area (Å²) in [5.41, 5.74) is 12.6. The highest BCUT2D eigenvalue weighted by atomic mass is 19.4. The van der Waals surface area contributed by atoms with Gasteiger partial charge in [0.2, 0.25) is 0 Å². The Kier molecular flexibility index (Phi) is 9.10. The molecule has 0 fully saturated rings. The lowest BCUT2D eigenvalue weighted by Crippen LogP contribution is -2.54. The summed E-state index contributed by atoms with van der Waals surface area (Å²) in [5.74, 6) is -1.18. The Morgan fingerprint density at radius 3 is 2.46 bits per heavy atom. The van der Waals surface area contributed by atoms with Crippen LogP contribution in [0.1, 0.15) is 41.6 Å². The molecule has 2 amide bonds. The number of nitrogens with zero attached hydrogens (tertiary/aromatic N) is 4. The standard InChI is InChI=1S/C28H31F3N6O4/c1-17-23(25(39)41-4)24(22-10-9-18(15-32)13-19(22)16-37(2,3)11-6-12-38)36(27(34)40)26(33)35(17)21-8-5-7-20(14-21)28(29,30)31/h5,7-10,13-14,24,33,38H,6,11-12,16H2,1-4H3,(H-,34,40)/p+2/t24-/m1/s1. The summed E-state index contributed by atoms with van der Waals surface area (Å²) in [7, 11) is 4.98. The number of primary amides is 1. The van der Waals surface area contributed by atoms with Gasteiger partial charge in [0.1, 0.15) is 23.8 Å². The summed E-state index contributed by atoms with van der Waals surface area (Å²) in [6.45, 7) is 2.37. The van der Waals surface area contributed by atoms with Crippen molar-refractivity contribution in [3.63, 3.8) is 0 Å². The number of rotatable bonds is 8. The van der Waals surface area contributed by atoms with Gasteiger partial charge in [-0.15, -0.1) is 0 Å². The molecule has 1 atom stereocenters. The van der Waals surface area contributed by atoms with Crippen LogP contribution in [0.5, 0.6) is 0 Å². The quantitative estimate of drug-likeness (QED) is 0.251. The lowest BCUT2D eigenvalue weighted by molar-refractivity contribution is -0.903. The molecule has 218 valence electrons. The number of carbonyl (C=O) groups excluding carboxylic acids is 2. The highest BCUT2D eigenvalue weighted by molar-refractivity contribution is 5.99. The first-order valence-electron chi connectivity index (χ1n) is 12.6. The number of esters is 1. The summed E-state index contributed by atoms with van der Waals surface area (Å²) in [4.78, 5) is 27.2. The second kappa shape index (κ2) is 12.0. The summed E-state index contributed by atoms with van der Waals surface area (Å²) in [6.07, 6.45) is -4.15. The highest BCUT2D eigenvalue weighted by Crippen LogP contribution is 2.40. The molecule has 1 aliphatic rings. The Morgan fingerprint density at radius 1 is 1.22 bits per heavy atom. The minimum Gasteiger partial charge on any atom is -0.465 e. The van der Waals surface area contributed by atoms with Crippen molar-refractivity contribution in [1.82, 2.24) is 4.90 Å². The van der Waals surface area contributed by atoms with Crippen molar-refractivity contribution < 1.29 is 41.7 Å². The molecule has 0 unspecified atom stereocenters. The number of carbonyl (C=O) groups is 2. The van der Waals surface area contributed by atoms with Crippen molar-refractivity contribution >= 4 is 23.6 Å². The molecule has 2 aromatic carbocycles. The molecule has 41 heavy (non-hydrogen) atoms. The molecule has 0 saturated carbocycles. The molecule has 3 rings (SSSR count). The van der Waals surface area contributed by atoms with Crippen LogP contribution >= 0.6 is 0 Å². The van der Waals surface area contributed by atoms with Crippen LogP contribution in [0.15, 0.2) is 53.7 Å². The van der Waals surface area contributed by atoms with E-state index < -0.39 is 29.8 Å². The maximum atomic E-state index is 13.5. The fourth-order valence-electron chi connectivity index (χ4n) is 5.03. The Hall–Kier alpha value is -4.41. The van der Waals surface area contributed by atoms with Crippen molar-refractivity contribution in [2.45, 2.75) is 32.1 Å². The van der Waals surface area contributed by atoms with Crippen molar-refractivity contribution in [2.75, 3.05) is 34.4 Å². The van der Waals surface area contributed by atoms with Gasteiger partial charge in [0.05, 0.1) is 50.6 Å². The summed E-state index contributed by atoms with van der Waals surface area (Å²) < 4.78 is 47.2. The molecule has 0 aromatic heterocycles. The number of nitriles is 1. The lowest BCUT2D eigenvalue weighted by atomic mass is 9.89. The Bertz CT molecular complexity index is 1460. The topological polar surface area (TPSA) is 146 Å². The van der Waals surface area contributed by atoms with E-state index in [1.54, 1.807) is 12.1 Å². The van der Waals surface area contributed by atoms with E-state index in [1.807, 2.05) is 14.1 Å². The molecule has 0 aliphatic carbocycles. The SMILES string of the molecule is COC(=O)C1=C(C)[N+](c2cccc(C(F)(F)F)c2)=C(N)N(C(N)=O)[C@@H]1c1ccc(C#N)cc1C[N+](C)(C)CCCO. The fraction of sp³-hybridized carbons (Fsp3) is 0.357. The third-order valence-electron chi connectivity index (χ3n) is 6.89. The predicted molar refractivity (Wildman–Crippen MR) is 143 cm³/mol. The van der Waals surface area contributed by atoms with E-state index in [4.69, 9.17) is 16.2 Å². The minimum atomic E-state index is -4.66. The summed E-state index contributed by atoms with van der Waals surface area (Å²) in [5, 5.41) is 18.9. The number of quaternary nitrogens is 1. The molecule has 2 aromatic rings. The van der Waals surface area contributed by atoms with Gasteiger partial charge < -0.3 is 20.1 Å². The first kappa shape index (κ1) is 31.1. The summed E-state index contributed by atoms with van der Waals surface area (Å²) in [6, 6.07) is 8.81. The van der Waals surface area contributed by atoms with E-state index in [-0.39, 0.29) is 29.5 Å². The highest BCUT2D eigenvalue weighted by Gasteiger charge is 2.47. The van der Waals surface area contributed by atoms with Gasteiger partial charge in [-0.05, 0) is 37.3 Å². The van der Waals surface area contributed by atoms with Gasteiger partial charge in [-0.1, -0.05) is 12.1 Å². The maximum Gasteiger partial charge on any atom is 0.416 e. The second-order valence-corrected chi connectivity index (χ2v) is 10.3. The average molecular weight is 575 g/mol. The van der Waals surface area contributed by atoms with Gasteiger partial charge in [0.15, 0.2) is 0 Å². The van der Waals surface area contributed by atoms with Crippen LogP contribution in [0.2, 0.25) is 0 Å². The van der Waals surface area contributed by atoms with E-state index in [9.17, 15) is 33.1 Å². The largest absolute Gasteiger partial charge is 0.465 e. The molecular weight excluding hydrogens is 541 g/mol. The molecule has 1 aliphatic heterocycles. The third-order valence-corrected chi connectivity index (χ3v) is 6.89. The number of ether oxygens (including phenoxy) is 1. The Labute approximate surface area is 235 Å². The van der Waals surface area contributed by atoms with Gasteiger partial charge in [0.25, 0.3) is 0 Å². The molecule has 5 N–H and O–H groups in total. The van der Waals surface area contributed by atoms with Crippen molar-refractivity contribution in [1.29, 1.82) is 5.26 Å². The number of alkyl halides is 3. The van der Waals surface area contributed by atoms with Crippen LogP contribution in [0, 0.1) is 11.3 Å². The first-order chi connectivity index (χ1) is 19.2. The number of amides is 2. The zero-order chi connectivity index (χ0) is 30.7. The monoisotopic (exact) mass is 574 g/mol. The van der Waals surface area contributed by atoms with Crippen LogP contribution in [-0.2, 0) is 22.3 Å². The minimum absolute atomic E-state index is 0.0177. The van der Waals surface area contributed by atoms with E-state index >= 15 is 0 Å². The molecule has 13 heteroatoms. The van der Waals surface area contributed by atoms with Gasteiger partial charge in [0, 0.05) is 24.2 Å². The predicted octanol–water partition coefficient (Wildman–Crippen LogP) is 3.08. The normalized spacial score (nSPS) is 16.1.